The number of hydrogen-bond acceptors (Lipinski definition) is 4. The van der Waals surface area contributed by atoms with Crippen molar-refractivity contribution < 1.29 is 15.1 Å². The molecule has 0 radical (unpaired) electrons. The third-order valence-electron chi connectivity index (χ3n) is 2.03. The molecule has 1 rings (SSSR count). The van der Waals surface area contributed by atoms with Crippen LogP contribution in [0.4, 0.5) is 5.69 Å². The van der Waals surface area contributed by atoms with Crippen LogP contribution in [-0.4, -0.2) is 27.1 Å². The van der Waals surface area contributed by atoms with Gasteiger partial charge >= 0.3 is 0 Å². The fourth-order valence-electron chi connectivity index (χ4n) is 1.22. The lowest BCUT2D eigenvalue weighted by Gasteiger charge is -2.15. The molecule has 1 aromatic carbocycles. The third kappa shape index (κ3) is 2.82. The van der Waals surface area contributed by atoms with Gasteiger partial charge in [0.05, 0.1) is 22.5 Å². The zero-order valence-electron chi connectivity index (χ0n) is 8.01. The predicted molar refractivity (Wildman–Crippen MR) is 59.8 cm³/mol. The fraction of sp³-hybridized carbons (Fsp3) is 0.333. The Morgan fingerprint density at radius 1 is 1.44 bits per heavy atom. The van der Waals surface area contributed by atoms with Gasteiger partial charge in [0, 0.05) is 11.1 Å². The molecular weight excluding hydrogens is 257 g/mol. The van der Waals surface area contributed by atoms with Crippen molar-refractivity contribution >= 4 is 28.9 Å². The van der Waals surface area contributed by atoms with Crippen LogP contribution in [0.5, 0.6) is 0 Å². The number of hydrogen-bond donors (Lipinski definition) is 2. The second kappa shape index (κ2) is 5.45. The topological polar surface area (TPSA) is 83.6 Å². The van der Waals surface area contributed by atoms with E-state index in [0.29, 0.717) is 0 Å². The Morgan fingerprint density at radius 3 is 2.56 bits per heavy atom. The molecule has 7 heteroatoms. The molecule has 0 saturated heterocycles. The molecule has 0 bridgehead atoms. The maximum absolute atomic E-state index is 10.7. The van der Waals surface area contributed by atoms with Crippen LogP contribution in [0.3, 0.4) is 0 Å². The molecule has 2 unspecified atom stereocenters. The number of nitro groups is 1. The molecule has 1 aromatic rings. The summed E-state index contributed by atoms with van der Waals surface area (Å²) >= 11 is 11.0. The second-order valence-electron chi connectivity index (χ2n) is 3.13. The molecule has 0 heterocycles. The van der Waals surface area contributed by atoms with Crippen LogP contribution in [0, 0.1) is 10.1 Å². The number of aliphatic hydroxyl groups is 2. The van der Waals surface area contributed by atoms with Crippen molar-refractivity contribution in [2.75, 3.05) is 5.88 Å². The van der Waals surface area contributed by atoms with Crippen LogP contribution >= 0.6 is 23.2 Å². The normalized spacial score (nSPS) is 14.5. The van der Waals surface area contributed by atoms with Gasteiger partial charge in [-0.05, 0) is 12.1 Å². The summed E-state index contributed by atoms with van der Waals surface area (Å²) in [6, 6.07) is 3.80. The summed E-state index contributed by atoms with van der Waals surface area (Å²) in [7, 11) is 0. The smallest absolute Gasteiger partial charge is 0.276 e. The summed E-state index contributed by atoms with van der Waals surface area (Å²) < 4.78 is 0. The molecular formula is C9H9Cl2NO4. The van der Waals surface area contributed by atoms with E-state index in [4.69, 9.17) is 23.2 Å². The Bertz CT molecular complexity index is 399. The van der Waals surface area contributed by atoms with E-state index < -0.39 is 17.1 Å². The SMILES string of the molecule is O=[N+]([O-])c1cc(Cl)ccc1C(O)C(O)CCl. The number of benzene rings is 1. The summed E-state index contributed by atoms with van der Waals surface area (Å²) in [4.78, 5) is 10.0. The third-order valence-corrected chi connectivity index (χ3v) is 2.58. The first kappa shape index (κ1) is 13.2. The highest BCUT2D eigenvalue weighted by Crippen LogP contribution is 2.30. The monoisotopic (exact) mass is 265 g/mol. The average Bonchev–Trinajstić information content (AvgIpc) is 2.26. The number of nitrogens with zero attached hydrogens (tertiary/aromatic N) is 1. The van der Waals surface area contributed by atoms with Crippen molar-refractivity contribution in [3.8, 4) is 0 Å². The van der Waals surface area contributed by atoms with E-state index >= 15 is 0 Å². The molecule has 0 aliphatic heterocycles. The van der Waals surface area contributed by atoms with Crippen molar-refractivity contribution in [1.29, 1.82) is 0 Å². The van der Waals surface area contributed by atoms with Crippen LogP contribution < -0.4 is 0 Å². The lowest BCUT2D eigenvalue weighted by atomic mass is 10.0. The van der Waals surface area contributed by atoms with E-state index in [9.17, 15) is 20.3 Å². The molecule has 0 saturated carbocycles. The first-order valence-corrected chi connectivity index (χ1v) is 5.24. The Morgan fingerprint density at radius 2 is 2.06 bits per heavy atom. The highest BCUT2D eigenvalue weighted by Gasteiger charge is 2.25. The van der Waals surface area contributed by atoms with E-state index in [1.165, 1.54) is 12.1 Å². The van der Waals surface area contributed by atoms with Crippen LogP contribution in [0.15, 0.2) is 18.2 Å². The summed E-state index contributed by atoms with van der Waals surface area (Å²) in [5.74, 6) is -0.221. The molecule has 0 fully saturated rings. The van der Waals surface area contributed by atoms with Crippen molar-refractivity contribution in [2.24, 2.45) is 0 Å². The summed E-state index contributed by atoms with van der Waals surface area (Å²) in [5.41, 5.74) is -0.355. The van der Waals surface area contributed by atoms with Crippen molar-refractivity contribution in [3.63, 3.8) is 0 Å². The molecule has 0 aromatic heterocycles. The first-order valence-electron chi connectivity index (χ1n) is 4.33. The van der Waals surface area contributed by atoms with E-state index in [-0.39, 0.29) is 22.2 Å². The number of nitro benzene ring substituents is 1. The predicted octanol–water partition coefficient (Wildman–Crippen LogP) is 1.88. The number of alkyl halides is 1. The van der Waals surface area contributed by atoms with Crippen LogP contribution in [-0.2, 0) is 0 Å². The van der Waals surface area contributed by atoms with Crippen molar-refractivity contribution in [3.05, 3.63) is 38.9 Å². The molecule has 0 amide bonds. The molecule has 0 aliphatic rings. The Kier molecular flexibility index (Phi) is 4.49. The largest absolute Gasteiger partial charge is 0.389 e. The average molecular weight is 266 g/mol. The van der Waals surface area contributed by atoms with Gasteiger partial charge in [0.1, 0.15) is 6.10 Å². The summed E-state index contributed by atoms with van der Waals surface area (Å²) in [5, 5.41) is 29.8. The lowest BCUT2D eigenvalue weighted by Crippen LogP contribution is -2.20. The molecule has 5 nitrogen and oxygen atoms in total. The van der Waals surface area contributed by atoms with Crippen LogP contribution in [0.25, 0.3) is 0 Å². The molecule has 2 atom stereocenters. The molecule has 0 aliphatic carbocycles. The standard InChI is InChI=1S/C9H9Cl2NO4/c10-4-8(13)9(14)6-2-1-5(11)3-7(6)12(15)16/h1-3,8-9,13-14H,4H2. The van der Waals surface area contributed by atoms with E-state index in [2.05, 4.69) is 0 Å². The zero-order valence-corrected chi connectivity index (χ0v) is 9.52. The maximum atomic E-state index is 10.7. The number of aliphatic hydroxyl groups excluding tert-OH is 2. The van der Waals surface area contributed by atoms with Crippen molar-refractivity contribution in [1.82, 2.24) is 0 Å². The highest BCUT2D eigenvalue weighted by molar-refractivity contribution is 6.30. The molecule has 88 valence electrons. The van der Waals surface area contributed by atoms with E-state index in [0.717, 1.165) is 6.07 Å². The Hall–Kier alpha value is -0.880. The second-order valence-corrected chi connectivity index (χ2v) is 3.87. The number of halogens is 2. The maximum Gasteiger partial charge on any atom is 0.276 e. The minimum absolute atomic E-state index is 0.0115. The van der Waals surface area contributed by atoms with Gasteiger partial charge in [-0.15, -0.1) is 11.6 Å². The molecule has 0 spiro atoms. The Labute approximate surface area is 101 Å². The Balaban J connectivity index is 3.17. The van der Waals surface area contributed by atoms with E-state index in [1.54, 1.807) is 0 Å². The molecule has 16 heavy (non-hydrogen) atoms. The minimum Gasteiger partial charge on any atom is -0.389 e. The minimum atomic E-state index is -1.41. The van der Waals surface area contributed by atoms with Gasteiger partial charge < -0.3 is 10.2 Å². The fourth-order valence-corrected chi connectivity index (χ4v) is 1.55. The zero-order chi connectivity index (χ0) is 12.3. The lowest BCUT2D eigenvalue weighted by molar-refractivity contribution is -0.386. The first-order chi connectivity index (χ1) is 7.47. The van der Waals surface area contributed by atoms with E-state index in [1.807, 2.05) is 0 Å². The summed E-state index contributed by atoms with van der Waals surface area (Å²) in [6.45, 7) is 0. The van der Waals surface area contributed by atoms with Crippen LogP contribution in [0.2, 0.25) is 5.02 Å². The quantitative estimate of drug-likeness (QED) is 0.495. The molecule has 2 N–H and O–H groups in total. The van der Waals surface area contributed by atoms with Gasteiger partial charge in [-0.3, -0.25) is 10.1 Å². The van der Waals surface area contributed by atoms with Gasteiger partial charge in [-0.25, -0.2) is 0 Å². The van der Waals surface area contributed by atoms with Gasteiger partial charge in [0.25, 0.3) is 5.69 Å². The van der Waals surface area contributed by atoms with Gasteiger partial charge in [0.15, 0.2) is 0 Å². The summed E-state index contributed by atoms with van der Waals surface area (Å²) in [6.07, 6.45) is -2.67. The van der Waals surface area contributed by atoms with Gasteiger partial charge in [-0.2, -0.15) is 0 Å². The van der Waals surface area contributed by atoms with Crippen LogP contribution in [0.1, 0.15) is 11.7 Å². The highest BCUT2D eigenvalue weighted by atomic mass is 35.5. The van der Waals surface area contributed by atoms with Crippen molar-refractivity contribution in [2.45, 2.75) is 12.2 Å². The number of rotatable bonds is 4. The van der Waals surface area contributed by atoms with Gasteiger partial charge in [-0.1, -0.05) is 11.6 Å². The van der Waals surface area contributed by atoms with Gasteiger partial charge in [0.2, 0.25) is 0 Å².